The molecule has 0 spiro atoms. The highest BCUT2D eigenvalue weighted by atomic mass is 35.5. The first-order valence-electron chi connectivity index (χ1n) is 10.6. The molecule has 0 bridgehead atoms. The molecule has 32 heavy (non-hydrogen) atoms. The van der Waals surface area contributed by atoms with Crippen LogP contribution in [0.15, 0.2) is 29.2 Å². The van der Waals surface area contributed by atoms with Crippen LogP contribution in [0.2, 0.25) is 5.02 Å². The monoisotopic (exact) mass is 488 g/mol. The van der Waals surface area contributed by atoms with E-state index in [1.165, 1.54) is 31.2 Å². The third kappa shape index (κ3) is 8.57. The number of halogens is 1. The molecule has 1 aliphatic heterocycles. The van der Waals surface area contributed by atoms with Crippen LogP contribution in [0.25, 0.3) is 0 Å². The fourth-order valence-corrected chi connectivity index (χ4v) is 4.44. The van der Waals surface area contributed by atoms with Gasteiger partial charge in [-0.3, -0.25) is 9.69 Å². The molecule has 1 heterocycles. The van der Waals surface area contributed by atoms with Crippen molar-refractivity contribution in [3.8, 4) is 0 Å². The van der Waals surface area contributed by atoms with Crippen molar-refractivity contribution in [2.24, 2.45) is 0 Å². The molecule has 11 heteroatoms. The highest BCUT2D eigenvalue weighted by Crippen LogP contribution is 2.14. The Morgan fingerprint density at radius 1 is 1.12 bits per heavy atom. The summed E-state index contributed by atoms with van der Waals surface area (Å²) in [5, 5.41) is 3.19. The van der Waals surface area contributed by atoms with Crippen LogP contribution < -0.4 is 10.0 Å². The van der Waals surface area contributed by atoms with Gasteiger partial charge in [0, 0.05) is 37.7 Å². The molecule has 1 aliphatic rings. The second kappa shape index (κ2) is 11.3. The SMILES string of the molecule is C[C@H](NS(=O)(=O)c1ccc(Cl)cc1)C(=O)NCCCN1CCN(C(=O)OC(C)(C)C)CC1. The van der Waals surface area contributed by atoms with Crippen molar-refractivity contribution < 1.29 is 22.7 Å². The first-order valence-corrected chi connectivity index (χ1v) is 12.5. The van der Waals surface area contributed by atoms with Crippen LogP contribution in [-0.4, -0.2) is 81.1 Å². The maximum absolute atomic E-state index is 12.4. The number of benzene rings is 1. The van der Waals surface area contributed by atoms with E-state index in [9.17, 15) is 18.0 Å². The standard InChI is InChI=1S/C21H33ClN4O5S/c1-16(24-32(29,30)18-8-6-17(22)7-9-18)19(27)23-10-5-11-25-12-14-26(15-13-25)20(28)31-21(2,3)4/h6-9,16,24H,5,10-15H2,1-4H3,(H,23,27)/t16-/m0/s1. The summed E-state index contributed by atoms with van der Waals surface area (Å²) in [7, 11) is -3.81. The lowest BCUT2D eigenvalue weighted by atomic mass is 10.2. The van der Waals surface area contributed by atoms with E-state index in [1.807, 2.05) is 20.8 Å². The minimum absolute atomic E-state index is 0.0482. The second-order valence-corrected chi connectivity index (χ2v) is 10.9. The fraction of sp³-hybridized carbons (Fsp3) is 0.619. The van der Waals surface area contributed by atoms with Crippen LogP contribution in [0, 0.1) is 0 Å². The minimum atomic E-state index is -3.81. The van der Waals surface area contributed by atoms with Gasteiger partial charge in [0.25, 0.3) is 0 Å². The molecule has 2 rings (SSSR count). The Bertz CT molecular complexity index is 878. The summed E-state index contributed by atoms with van der Waals surface area (Å²) in [6, 6.07) is 4.82. The molecular weight excluding hydrogens is 456 g/mol. The summed E-state index contributed by atoms with van der Waals surface area (Å²) in [6.07, 6.45) is 0.425. The zero-order valence-corrected chi connectivity index (χ0v) is 20.6. The van der Waals surface area contributed by atoms with Crippen LogP contribution in [0.5, 0.6) is 0 Å². The van der Waals surface area contributed by atoms with Gasteiger partial charge in [-0.2, -0.15) is 4.72 Å². The van der Waals surface area contributed by atoms with Gasteiger partial charge in [0.2, 0.25) is 15.9 Å². The zero-order chi connectivity index (χ0) is 23.9. The predicted molar refractivity (Wildman–Crippen MR) is 123 cm³/mol. The molecule has 1 atom stereocenters. The molecule has 1 fully saturated rings. The van der Waals surface area contributed by atoms with E-state index in [1.54, 1.807) is 4.90 Å². The van der Waals surface area contributed by atoms with E-state index in [-0.39, 0.29) is 11.0 Å². The number of nitrogens with one attached hydrogen (secondary N) is 2. The van der Waals surface area contributed by atoms with Crippen molar-refractivity contribution in [3.05, 3.63) is 29.3 Å². The Hall–Kier alpha value is -1.88. The number of amides is 2. The number of ether oxygens (including phenoxy) is 1. The molecule has 0 radical (unpaired) electrons. The lowest BCUT2D eigenvalue weighted by molar-refractivity contribution is -0.122. The van der Waals surface area contributed by atoms with E-state index >= 15 is 0 Å². The molecule has 2 amide bonds. The smallest absolute Gasteiger partial charge is 0.410 e. The minimum Gasteiger partial charge on any atom is -0.444 e. The largest absolute Gasteiger partial charge is 0.444 e. The van der Waals surface area contributed by atoms with Crippen LogP contribution in [0.4, 0.5) is 4.79 Å². The van der Waals surface area contributed by atoms with Gasteiger partial charge >= 0.3 is 6.09 Å². The predicted octanol–water partition coefficient (Wildman–Crippen LogP) is 2.07. The molecule has 0 aliphatic carbocycles. The molecule has 180 valence electrons. The highest BCUT2D eigenvalue weighted by Gasteiger charge is 2.26. The summed E-state index contributed by atoms with van der Waals surface area (Å²) in [5.74, 6) is -0.391. The van der Waals surface area contributed by atoms with E-state index in [0.29, 0.717) is 24.7 Å². The topological polar surface area (TPSA) is 108 Å². The number of sulfonamides is 1. The normalized spacial score (nSPS) is 16.5. The molecule has 2 N–H and O–H groups in total. The van der Waals surface area contributed by atoms with Crippen molar-refractivity contribution in [2.75, 3.05) is 39.3 Å². The number of carbonyl (C=O) groups excluding carboxylic acids is 2. The van der Waals surface area contributed by atoms with Crippen LogP contribution in [0.3, 0.4) is 0 Å². The molecule has 9 nitrogen and oxygen atoms in total. The number of carbonyl (C=O) groups is 2. The first-order chi connectivity index (χ1) is 14.9. The van der Waals surface area contributed by atoms with E-state index in [2.05, 4.69) is 14.9 Å². The Morgan fingerprint density at radius 3 is 2.28 bits per heavy atom. The Kier molecular flexibility index (Phi) is 9.32. The van der Waals surface area contributed by atoms with Gasteiger partial charge in [-0.25, -0.2) is 13.2 Å². The van der Waals surface area contributed by atoms with Crippen LogP contribution in [-0.2, 0) is 19.6 Å². The summed E-state index contributed by atoms with van der Waals surface area (Å²) in [5.41, 5.74) is -0.507. The number of hydrogen-bond donors (Lipinski definition) is 2. The average molecular weight is 489 g/mol. The van der Waals surface area contributed by atoms with Crippen molar-refractivity contribution in [1.29, 1.82) is 0 Å². The molecule has 1 aromatic carbocycles. The van der Waals surface area contributed by atoms with Crippen molar-refractivity contribution >= 4 is 33.6 Å². The van der Waals surface area contributed by atoms with Crippen molar-refractivity contribution in [2.45, 2.75) is 50.7 Å². The first kappa shape index (κ1) is 26.4. The Labute approximate surface area is 195 Å². The van der Waals surface area contributed by atoms with Gasteiger partial charge < -0.3 is 15.0 Å². The quantitative estimate of drug-likeness (QED) is 0.542. The molecule has 0 saturated carbocycles. The summed E-state index contributed by atoms with van der Waals surface area (Å²) in [6.45, 7) is 10.9. The molecular formula is C21H33ClN4O5S. The zero-order valence-electron chi connectivity index (χ0n) is 19.1. The van der Waals surface area contributed by atoms with Gasteiger partial charge in [-0.05, 0) is 64.9 Å². The number of hydrogen-bond acceptors (Lipinski definition) is 6. The van der Waals surface area contributed by atoms with Crippen molar-refractivity contribution in [1.82, 2.24) is 19.8 Å². The third-order valence-electron chi connectivity index (χ3n) is 4.82. The average Bonchev–Trinajstić information content (AvgIpc) is 2.70. The van der Waals surface area contributed by atoms with Gasteiger partial charge in [0.05, 0.1) is 10.9 Å². The number of nitrogens with zero attached hydrogens (tertiary/aromatic N) is 2. The summed E-state index contributed by atoms with van der Waals surface area (Å²) < 4.78 is 32.5. The van der Waals surface area contributed by atoms with E-state index < -0.39 is 27.6 Å². The van der Waals surface area contributed by atoms with Gasteiger partial charge in [-0.15, -0.1) is 0 Å². The second-order valence-electron chi connectivity index (χ2n) is 8.75. The van der Waals surface area contributed by atoms with Crippen molar-refractivity contribution in [3.63, 3.8) is 0 Å². The Balaban J connectivity index is 1.67. The highest BCUT2D eigenvalue weighted by molar-refractivity contribution is 7.89. The Morgan fingerprint density at radius 2 is 1.72 bits per heavy atom. The fourth-order valence-electron chi connectivity index (χ4n) is 3.12. The number of piperazine rings is 1. The van der Waals surface area contributed by atoms with Gasteiger partial charge in [-0.1, -0.05) is 11.6 Å². The molecule has 0 aromatic heterocycles. The van der Waals surface area contributed by atoms with Crippen LogP contribution in [0.1, 0.15) is 34.1 Å². The molecule has 1 saturated heterocycles. The third-order valence-corrected chi connectivity index (χ3v) is 6.63. The van der Waals surface area contributed by atoms with E-state index in [4.69, 9.17) is 16.3 Å². The maximum Gasteiger partial charge on any atom is 0.410 e. The summed E-state index contributed by atoms with van der Waals surface area (Å²) >= 11 is 5.78. The molecule has 1 aromatic rings. The lowest BCUT2D eigenvalue weighted by Crippen LogP contribution is -2.50. The van der Waals surface area contributed by atoms with E-state index in [0.717, 1.165) is 26.1 Å². The van der Waals surface area contributed by atoms with Gasteiger partial charge in [0.15, 0.2) is 0 Å². The number of rotatable bonds is 8. The maximum atomic E-state index is 12.4. The molecule has 0 unspecified atom stereocenters. The van der Waals surface area contributed by atoms with Crippen LogP contribution >= 0.6 is 11.6 Å². The summed E-state index contributed by atoms with van der Waals surface area (Å²) in [4.78, 5) is 28.3. The van der Waals surface area contributed by atoms with Gasteiger partial charge in [0.1, 0.15) is 5.60 Å². The lowest BCUT2D eigenvalue weighted by Gasteiger charge is -2.35.